The molecule has 1 aromatic carbocycles. The summed E-state index contributed by atoms with van der Waals surface area (Å²) in [6.07, 6.45) is 3.84. The highest BCUT2D eigenvalue weighted by Crippen LogP contribution is 2.40. The molecule has 2 aromatic heterocycles. The Labute approximate surface area is 150 Å². The van der Waals surface area contributed by atoms with Crippen LogP contribution >= 0.6 is 0 Å². The van der Waals surface area contributed by atoms with Gasteiger partial charge in [0.2, 0.25) is 5.91 Å². The summed E-state index contributed by atoms with van der Waals surface area (Å²) in [5, 5.41) is 1.06. The lowest BCUT2D eigenvalue weighted by molar-refractivity contribution is -0.154. The van der Waals surface area contributed by atoms with E-state index in [0.29, 0.717) is 6.42 Å². The second kappa shape index (κ2) is 6.29. The normalized spacial score (nSPS) is 19.2. The van der Waals surface area contributed by atoms with E-state index < -0.39 is 18.1 Å². The van der Waals surface area contributed by atoms with Crippen molar-refractivity contribution < 1.29 is 14.3 Å². The van der Waals surface area contributed by atoms with Gasteiger partial charge >= 0.3 is 5.97 Å². The molecule has 0 unspecified atom stereocenters. The van der Waals surface area contributed by atoms with E-state index in [4.69, 9.17) is 4.74 Å². The number of aromatic nitrogens is 2. The Morgan fingerprint density at radius 1 is 1.23 bits per heavy atom. The molecule has 4 rings (SSSR count). The number of rotatable bonds is 2. The van der Waals surface area contributed by atoms with Crippen molar-refractivity contribution in [3.05, 3.63) is 65.6 Å². The fourth-order valence-electron chi connectivity index (χ4n) is 3.88. The van der Waals surface area contributed by atoms with Gasteiger partial charge in [0.1, 0.15) is 6.04 Å². The van der Waals surface area contributed by atoms with E-state index in [9.17, 15) is 9.59 Å². The molecular formula is C20H19N3O3. The number of methoxy groups -OCH3 is 1. The van der Waals surface area contributed by atoms with Crippen LogP contribution in [0.3, 0.4) is 0 Å². The van der Waals surface area contributed by atoms with Gasteiger partial charge in [-0.15, -0.1) is 0 Å². The quantitative estimate of drug-likeness (QED) is 0.722. The third kappa shape index (κ3) is 2.45. The van der Waals surface area contributed by atoms with Gasteiger partial charge in [-0.2, -0.15) is 0 Å². The number of fused-ring (bicyclic) bond motifs is 3. The summed E-state index contributed by atoms with van der Waals surface area (Å²) in [5.41, 5.74) is 3.81. The van der Waals surface area contributed by atoms with Crippen molar-refractivity contribution >= 4 is 22.8 Å². The van der Waals surface area contributed by atoms with Crippen LogP contribution in [0, 0.1) is 0 Å². The summed E-state index contributed by atoms with van der Waals surface area (Å²) >= 11 is 0. The van der Waals surface area contributed by atoms with Crippen LogP contribution in [0.2, 0.25) is 0 Å². The number of carbonyl (C=O) groups excluding carboxylic acids is 2. The fraction of sp³-hybridized carbons (Fsp3) is 0.250. The summed E-state index contributed by atoms with van der Waals surface area (Å²) in [6, 6.07) is 10.6. The number of amides is 1. The largest absolute Gasteiger partial charge is 0.467 e. The Bertz CT molecular complexity index is 980. The van der Waals surface area contributed by atoms with Gasteiger partial charge in [0.05, 0.1) is 13.2 Å². The van der Waals surface area contributed by atoms with Crippen molar-refractivity contribution in [1.82, 2.24) is 14.9 Å². The molecule has 1 N–H and O–H groups in total. The predicted molar refractivity (Wildman–Crippen MR) is 96.4 cm³/mol. The minimum atomic E-state index is -0.672. The Morgan fingerprint density at radius 2 is 2.04 bits per heavy atom. The summed E-state index contributed by atoms with van der Waals surface area (Å²) in [4.78, 5) is 34.3. The van der Waals surface area contributed by atoms with Gasteiger partial charge in [0, 0.05) is 42.3 Å². The average molecular weight is 349 g/mol. The highest BCUT2D eigenvalue weighted by molar-refractivity contribution is 5.90. The molecule has 1 aliphatic rings. The molecule has 0 fully saturated rings. The van der Waals surface area contributed by atoms with Gasteiger partial charge in [0.25, 0.3) is 0 Å². The molecule has 26 heavy (non-hydrogen) atoms. The Balaban J connectivity index is 1.98. The molecule has 0 saturated heterocycles. The molecular weight excluding hydrogens is 330 g/mol. The van der Waals surface area contributed by atoms with Crippen LogP contribution < -0.4 is 0 Å². The summed E-state index contributed by atoms with van der Waals surface area (Å²) in [6.45, 7) is 1.48. The van der Waals surface area contributed by atoms with Gasteiger partial charge in [-0.25, -0.2) is 4.79 Å². The topological polar surface area (TPSA) is 75.3 Å². The number of benzene rings is 1. The van der Waals surface area contributed by atoms with Gasteiger partial charge in [0.15, 0.2) is 0 Å². The smallest absolute Gasteiger partial charge is 0.328 e. The highest BCUT2D eigenvalue weighted by atomic mass is 16.5. The fourth-order valence-corrected chi connectivity index (χ4v) is 3.88. The number of esters is 1. The number of nitrogens with zero attached hydrogens (tertiary/aromatic N) is 2. The molecule has 2 atom stereocenters. The van der Waals surface area contributed by atoms with Crippen molar-refractivity contribution in [2.24, 2.45) is 0 Å². The SMILES string of the molecule is COC(=O)[C@@H]1Cc2c([nH]c3ccccc23)[C@H](c2cccnc2)N1C(C)=O. The van der Waals surface area contributed by atoms with Crippen LogP contribution in [0.4, 0.5) is 0 Å². The zero-order chi connectivity index (χ0) is 18.3. The summed E-state index contributed by atoms with van der Waals surface area (Å²) in [5.74, 6) is -0.594. The molecule has 3 aromatic rings. The lowest BCUT2D eigenvalue weighted by atomic mass is 9.88. The van der Waals surface area contributed by atoms with Crippen LogP contribution in [-0.2, 0) is 20.7 Å². The number of carbonyl (C=O) groups is 2. The van der Waals surface area contributed by atoms with E-state index in [-0.39, 0.29) is 5.91 Å². The molecule has 1 amide bonds. The van der Waals surface area contributed by atoms with Crippen molar-refractivity contribution in [1.29, 1.82) is 0 Å². The number of para-hydroxylation sites is 1. The van der Waals surface area contributed by atoms with E-state index in [2.05, 4.69) is 9.97 Å². The first-order chi connectivity index (χ1) is 12.6. The van der Waals surface area contributed by atoms with Crippen LogP contribution in [0.25, 0.3) is 10.9 Å². The third-order valence-electron chi connectivity index (χ3n) is 4.97. The number of aromatic amines is 1. The van der Waals surface area contributed by atoms with Crippen molar-refractivity contribution in [2.45, 2.75) is 25.4 Å². The van der Waals surface area contributed by atoms with E-state index >= 15 is 0 Å². The molecule has 1 aliphatic heterocycles. The monoisotopic (exact) mass is 349 g/mol. The van der Waals surface area contributed by atoms with E-state index in [0.717, 1.165) is 27.7 Å². The minimum Gasteiger partial charge on any atom is -0.467 e. The second-order valence-electron chi connectivity index (χ2n) is 6.42. The number of pyridine rings is 1. The van der Waals surface area contributed by atoms with Crippen LogP contribution in [0.1, 0.15) is 29.8 Å². The Kier molecular flexibility index (Phi) is 3.95. The highest BCUT2D eigenvalue weighted by Gasteiger charge is 2.42. The average Bonchev–Trinajstić information content (AvgIpc) is 3.04. The molecule has 6 nitrogen and oxygen atoms in total. The number of hydrogen-bond donors (Lipinski definition) is 1. The zero-order valence-electron chi connectivity index (χ0n) is 14.6. The van der Waals surface area contributed by atoms with Crippen molar-refractivity contribution in [2.75, 3.05) is 7.11 Å². The number of H-pyrrole nitrogens is 1. The van der Waals surface area contributed by atoms with E-state index in [1.54, 1.807) is 17.3 Å². The molecule has 3 heterocycles. The number of nitrogens with one attached hydrogen (secondary N) is 1. The summed E-state index contributed by atoms with van der Waals surface area (Å²) < 4.78 is 5.00. The number of ether oxygens (including phenoxy) is 1. The molecule has 0 bridgehead atoms. The first kappa shape index (κ1) is 16.3. The Hall–Kier alpha value is -3.15. The van der Waals surface area contributed by atoms with E-state index in [1.807, 2.05) is 36.4 Å². The van der Waals surface area contributed by atoms with Gasteiger partial charge < -0.3 is 14.6 Å². The predicted octanol–water partition coefficient (Wildman–Crippen LogP) is 2.60. The van der Waals surface area contributed by atoms with Crippen LogP contribution in [0.5, 0.6) is 0 Å². The zero-order valence-corrected chi connectivity index (χ0v) is 14.6. The van der Waals surface area contributed by atoms with E-state index in [1.165, 1.54) is 14.0 Å². The molecule has 0 aliphatic carbocycles. The third-order valence-corrected chi connectivity index (χ3v) is 4.97. The second-order valence-corrected chi connectivity index (χ2v) is 6.42. The van der Waals surface area contributed by atoms with Gasteiger partial charge in [-0.05, 0) is 23.3 Å². The summed E-state index contributed by atoms with van der Waals surface area (Å²) in [7, 11) is 1.35. The minimum absolute atomic E-state index is 0.182. The maximum absolute atomic E-state index is 12.5. The van der Waals surface area contributed by atoms with Gasteiger partial charge in [-0.3, -0.25) is 9.78 Å². The molecule has 0 saturated carbocycles. The van der Waals surface area contributed by atoms with Crippen molar-refractivity contribution in [3.8, 4) is 0 Å². The lowest BCUT2D eigenvalue weighted by Crippen LogP contribution is -2.51. The molecule has 0 spiro atoms. The first-order valence-electron chi connectivity index (χ1n) is 8.48. The lowest BCUT2D eigenvalue weighted by Gasteiger charge is -2.40. The molecule has 6 heteroatoms. The standard InChI is InChI=1S/C20H19N3O3/c1-12(24)23-17(20(25)26-2)10-15-14-7-3-4-8-16(14)22-18(15)19(23)13-6-5-9-21-11-13/h3-9,11,17,19,22H,10H2,1-2H3/t17-,19-/m0/s1. The van der Waals surface area contributed by atoms with Gasteiger partial charge in [-0.1, -0.05) is 24.3 Å². The Morgan fingerprint density at radius 3 is 2.73 bits per heavy atom. The van der Waals surface area contributed by atoms with Crippen LogP contribution in [0.15, 0.2) is 48.8 Å². The molecule has 132 valence electrons. The number of hydrogen-bond acceptors (Lipinski definition) is 4. The maximum Gasteiger partial charge on any atom is 0.328 e. The van der Waals surface area contributed by atoms with Crippen molar-refractivity contribution in [3.63, 3.8) is 0 Å². The van der Waals surface area contributed by atoms with Crippen LogP contribution in [-0.4, -0.2) is 39.9 Å². The maximum atomic E-state index is 12.5. The first-order valence-corrected chi connectivity index (χ1v) is 8.48. The molecule has 0 radical (unpaired) electrons.